The fourth-order valence-corrected chi connectivity index (χ4v) is 7.25. The smallest absolute Gasteiger partial charge is 0.408 e. The Kier molecular flexibility index (Phi) is 9.51. The Hall–Kier alpha value is -3.90. The number of anilines is 1. The summed E-state index contributed by atoms with van der Waals surface area (Å²) in [6, 6.07) is 14.8. The van der Waals surface area contributed by atoms with Gasteiger partial charge in [-0.2, -0.15) is 0 Å². The first-order valence-corrected chi connectivity index (χ1v) is 19.7. The van der Waals surface area contributed by atoms with Gasteiger partial charge in [-0.15, -0.1) is 0 Å². The molecule has 46 heavy (non-hydrogen) atoms. The highest BCUT2D eigenvalue weighted by Gasteiger charge is 2.46. The second-order valence-corrected chi connectivity index (χ2v) is 20.2. The first-order chi connectivity index (χ1) is 21.6. The van der Waals surface area contributed by atoms with E-state index in [0.717, 1.165) is 22.2 Å². The molecule has 248 valence electrons. The van der Waals surface area contributed by atoms with E-state index in [1.165, 1.54) is 4.90 Å². The van der Waals surface area contributed by atoms with Gasteiger partial charge in [0.25, 0.3) is 11.8 Å². The van der Waals surface area contributed by atoms with Crippen LogP contribution in [0.15, 0.2) is 48.5 Å². The molecule has 5 rings (SSSR count). The van der Waals surface area contributed by atoms with E-state index in [4.69, 9.17) is 9.47 Å². The second kappa shape index (κ2) is 13.1. The minimum absolute atomic E-state index is 0.101. The van der Waals surface area contributed by atoms with E-state index >= 15 is 0 Å². The Morgan fingerprint density at radius 3 is 2.41 bits per heavy atom. The number of piperidine rings is 1. The van der Waals surface area contributed by atoms with Crippen LogP contribution in [0, 0.1) is 0 Å². The maximum atomic E-state index is 13.5. The second-order valence-electron chi connectivity index (χ2n) is 14.6. The van der Waals surface area contributed by atoms with Crippen molar-refractivity contribution in [2.75, 3.05) is 31.3 Å². The fraction of sp³-hybridized carbons (Fsp3) is 0.529. The quantitative estimate of drug-likeness (QED) is 0.219. The van der Waals surface area contributed by atoms with Crippen LogP contribution in [0.3, 0.4) is 0 Å². The highest BCUT2D eigenvalue weighted by Crippen LogP contribution is 2.34. The van der Waals surface area contributed by atoms with E-state index in [-0.39, 0.29) is 37.9 Å². The molecule has 1 unspecified atom stereocenters. The van der Waals surface area contributed by atoms with Crippen molar-refractivity contribution in [1.82, 2.24) is 14.7 Å². The molecule has 3 atom stereocenters. The molecule has 2 saturated heterocycles. The van der Waals surface area contributed by atoms with Gasteiger partial charge >= 0.3 is 6.09 Å². The highest BCUT2D eigenvalue weighted by atomic mass is 28.3. The number of carboxylic acid groups (broad SMARTS) is 1. The standard InChI is InChI=1S/C34H46N4O7Si/c1-34(2,3)38(33(42)43)28-20-35(24-10-8-7-9-11-24)21-29(28)45-25-12-13-26-23(18-25)19-36(31(26)40)27-14-15-30(39)37(32(27)41)22-44-16-17-46(4,5)6/h7-13,18,27-29H,14-17,19-22H2,1-6H3,(H,42,43)/t27?,28-,29-/m0/s1. The van der Waals surface area contributed by atoms with Crippen LogP contribution in [-0.2, 0) is 20.9 Å². The predicted octanol–water partition coefficient (Wildman–Crippen LogP) is 4.89. The molecule has 4 amide bonds. The number of likely N-dealkylation sites (tertiary alicyclic amines) is 1. The molecule has 2 aromatic carbocycles. The number of imide groups is 1. The summed E-state index contributed by atoms with van der Waals surface area (Å²) in [5.74, 6) is -0.421. The number of amides is 4. The van der Waals surface area contributed by atoms with E-state index in [0.29, 0.717) is 31.0 Å². The average Bonchev–Trinajstić information content (AvgIpc) is 3.52. The maximum Gasteiger partial charge on any atom is 0.408 e. The number of fused-ring (bicyclic) bond motifs is 1. The number of hydrogen-bond donors (Lipinski definition) is 1. The van der Waals surface area contributed by atoms with Crippen LogP contribution < -0.4 is 9.64 Å². The summed E-state index contributed by atoms with van der Waals surface area (Å²) in [4.78, 5) is 58.4. The zero-order valence-electron chi connectivity index (χ0n) is 27.7. The van der Waals surface area contributed by atoms with Crippen LogP contribution in [0.2, 0.25) is 25.7 Å². The summed E-state index contributed by atoms with van der Waals surface area (Å²) < 4.78 is 12.2. The van der Waals surface area contributed by atoms with Crippen molar-refractivity contribution in [2.45, 2.75) is 89.6 Å². The molecule has 11 nitrogen and oxygen atoms in total. The predicted molar refractivity (Wildman–Crippen MR) is 177 cm³/mol. The summed E-state index contributed by atoms with van der Waals surface area (Å²) in [5.41, 5.74) is 1.55. The first-order valence-electron chi connectivity index (χ1n) is 16.0. The minimum atomic E-state index is -1.32. The lowest BCUT2D eigenvalue weighted by Gasteiger charge is -2.39. The molecule has 0 spiro atoms. The Morgan fingerprint density at radius 2 is 1.76 bits per heavy atom. The maximum absolute atomic E-state index is 13.5. The molecule has 2 fully saturated rings. The van der Waals surface area contributed by atoms with Gasteiger partial charge in [-0.05, 0) is 69.1 Å². The van der Waals surface area contributed by atoms with Crippen molar-refractivity contribution in [3.63, 3.8) is 0 Å². The normalized spacial score (nSPS) is 22.0. The summed E-state index contributed by atoms with van der Waals surface area (Å²) in [7, 11) is -1.32. The van der Waals surface area contributed by atoms with E-state index in [1.54, 1.807) is 17.0 Å². The van der Waals surface area contributed by atoms with Crippen LogP contribution in [0.4, 0.5) is 10.5 Å². The number of nitrogens with zero attached hydrogens (tertiary/aromatic N) is 4. The molecule has 3 aliphatic heterocycles. The van der Waals surface area contributed by atoms with E-state index in [1.807, 2.05) is 57.2 Å². The minimum Gasteiger partial charge on any atom is -0.486 e. The Bertz CT molecular complexity index is 1470. The zero-order chi connectivity index (χ0) is 33.4. The van der Waals surface area contributed by atoms with Gasteiger partial charge < -0.3 is 24.4 Å². The van der Waals surface area contributed by atoms with Gasteiger partial charge in [0, 0.05) is 51.0 Å². The molecule has 2 aromatic rings. The molecule has 0 aliphatic carbocycles. The molecule has 0 saturated carbocycles. The lowest BCUT2D eigenvalue weighted by molar-refractivity contribution is -0.158. The summed E-state index contributed by atoms with van der Waals surface area (Å²) in [6.07, 6.45) is -1.05. The van der Waals surface area contributed by atoms with Crippen molar-refractivity contribution in [3.8, 4) is 5.75 Å². The van der Waals surface area contributed by atoms with Crippen molar-refractivity contribution >= 4 is 37.6 Å². The number of carbonyl (C=O) groups is 4. The third-order valence-electron chi connectivity index (χ3n) is 8.89. The van der Waals surface area contributed by atoms with Gasteiger partial charge in [0.2, 0.25) is 5.91 Å². The van der Waals surface area contributed by atoms with Crippen LogP contribution in [0.5, 0.6) is 5.75 Å². The van der Waals surface area contributed by atoms with E-state index < -0.39 is 43.8 Å². The average molecular weight is 651 g/mol. The monoisotopic (exact) mass is 650 g/mol. The van der Waals surface area contributed by atoms with Gasteiger partial charge in [-0.1, -0.05) is 37.8 Å². The molecular formula is C34H46N4O7Si. The van der Waals surface area contributed by atoms with Crippen LogP contribution in [0.25, 0.3) is 0 Å². The summed E-state index contributed by atoms with van der Waals surface area (Å²) in [6.45, 7) is 13.9. The lowest BCUT2D eigenvalue weighted by atomic mass is 10.0. The van der Waals surface area contributed by atoms with E-state index in [9.17, 15) is 24.3 Å². The number of rotatable bonds is 10. The Morgan fingerprint density at radius 1 is 1.04 bits per heavy atom. The molecule has 3 aliphatic rings. The van der Waals surface area contributed by atoms with Crippen LogP contribution in [0.1, 0.15) is 49.5 Å². The highest BCUT2D eigenvalue weighted by molar-refractivity contribution is 6.76. The van der Waals surface area contributed by atoms with Crippen molar-refractivity contribution in [1.29, 1.82) is 0 Å². The number of ether oxygens (including phenoxy) is 2. The number of para-hydroxylation sites is 1. The SMILES string of the molecule is CC(C)(C)N(C(=O)O)[C@H]1CN(c2ccccc2)C[C@@H]1Oc1ccc2c(c1)CN(C1CCC(=O)N(COCC[Si](C)(C)C)C1=O)C2=O. The van der Waals surface area contributed by atoms with Crippen molar-refractivity contribution in [2.24, 2.45) is 0 Å². The molecular weight excluding hydrogens is 604 g/mol. The van der Waals surface area contributed by atoms with Crippen LogP contribution in [-0.4, -0.2) is 102 Å². The fourth-order valence-electron chi connectivity index (χ4n) is 6.50. The van der Waals surface area contributed by atoms with Crippen LogP contribution >= 0.6 is 0 Å². The largest absolute Gasteiger partial charge is 0.486 e. The number of carbonyl (C=O) groups excluding carboxylic acids is 3. The zero-order valence-corrected chi connectivity index (χ0v) is 28.7. The molecule has 1 N–H and O–H groups in total. The number of benzene rings is 2. The Labute approximate surface area is 272 Å². The van der Waals surface area contributed by atoms with Gasteiger partial charge in [0.1, 0.15) is 24.6 Å². The summed E-state index contributed by atoms with van der Waals surface area (Å²) >= 11 is 0. The Balaban J connectivity index is 1.31. The molecule has 12 heteroatoms. The molecule has 0 radical (unpaired) electrons. The first kappa shape index (κ1) is 33.5. The number of hydrogen-bond acceptors (Lipinski definition) is 7. The molecule has 0 bridgehead atoms. The van der Waals surface area contributed by atoms with Gasteiger partial charge in [-0.25, -0.2) is 4.79 Å². The topological polar surface area (TPSA) is 120 Å². The van der Waals surface area contributed by atoms with Gasteiger partial charge in [-0.3, -0.25) is 24.2 Å². The van der Waals surface area contributed by atoms with Crippen molar-refractivity contribution in [3.05, 3.63) is 59.7 Å². The van der Waals surface area contributed by atoms with Gasteiger partial charge in [0.15, 0.2) is 0 Å². The molecule has 3 heterocycles. The summed E-state index contributed by atoms with van der Waals surface area (Å²) in [5, 5.41) is 10.2. The molecule has 0 aromatic heterocycles. The third-order valence-corrected chi connectivity index (χ3v) is 10.6. The lowest BCUT2D eigenvalue weighted by Crippen LogP contribution is -2.56. The van der Waals surface area contributed by atoms with E-state index in [2.05, 4.69) is 24.5 Å². The van der Waals surface area contributed by atoms with Gasteiger partial charge in [0.05, 0.1) is 12.6 Å². The van der Waals surface area contributed by atoms with Crippen molar-refractivity contribution < 1.29 is 33.8 Å². The third kappa shape index (κ3) is 7.23.